The topological polar surface area (TPSA) is 134 Å². The van der Waals surface area contributed by atoms with E-state index in [1.807, 2.05) is 0 Å². The third-order valence-corrected chi connectivity index (χ3v) is 9.21. The number of nitrogens with two attached hydrogens (primary N) is 1. The molecule has 10 heteroatoms. The molecule has 0 bridgehead atoms. The van der Waals surface area contributed by atoms with Crippen LogP contribution in [0.25, 0.3) is 0 Å². The molecule has 0 heterocycles. The molecule has 0 aliphatic carbocycles. The van der Waals surface area contributed by atoms with Gasteiger partial charge in [-0.1, -0.05) is 152 Å². The van der Waals surface area contributed by atoms with Gasteiger partial charge in [0.2, 0.25) is 0 Å². The van der Waals surface area contributed by atoms with Gasteiger partial charge in [0.25, 0.3) is 0 Å². The maximum atomic E-state index is 12.5. The molecule has 296 valence electrons. The molecule has 0 fully saturated rings. The molecule has 0 amide bonds. The molecule has 2 atom stereocenters. The van der Waals surface area contributed by atoms with Crippen LogP contribution in [-0.4, -0.2) is 49.3 Å². The van der Waals surface area contributed by atoms with Gasteiger partial charge in [0.05, 0.1) is 13.2 Å². The van der Waals surface area contributed by atoms with Crippen molar-refractivity contribution in [2.24, 2.45) is 5.73 Å². The minimum atomic E-state index is -4.37. The lowest BCUT2D eigenvalue weighted by molar-refractivity contribution is -0.161. The molecule has 0 radical (unpaired) electrons. The maximum Gasteiger partial charge on any atom is 0.472 e. The van der Waals surface area contributed by atoms with Gasteiger partial charge in [-0.15, -0.1) is 0 Å². The van der Waals surface area contributed by atoms with Crippen LogP contribution in [0.4, 0.5) is 0 Å². The number of ether oxygens (including phenoxy) is 2. The summed E-state index contributed by atoms with van der Waals surface area (Å²) in [6.45, 7) is 3.55. The lowest BCUT2D eigenvalue weighted by Gasteiger charge is -2.19. The van der Waals surface area contributed by atoms with Crippen molar-refractivity contribution in [3.63, 3.8) is 0 Å². The van der Waals surface area contributed by atoms with E-state index >= 15 is 0 Å². The molecular formula is C41H74NO8P. The van der Waals surface area contributed by atoms with Crippen LogP contribution in [-0.2, 0) is 32.7 Å². The number of allylic oxidation sites excluding steroid dienone is 8. The summed E-state index contributed by atoms with van der Waals surface area (Å²) in [5, 5.41) is 0. The number of hydrogen-bond acceptors (Lipinski definition) is 8. The molecule has 0 spiro atoms. The fourth-order valence-electron chi connectivity index (χ4n) is 5.27. The normalized spacial score (nSPS) is 13.9. The van der Waals surface area contributed by atoms with Crippen LogP contribution in [0.1, 0.15) is 168 Å². The number of carbonyl (C=O) groups excluding carboxylic acids is 2. The standard InChI is InChI=1S/C41H74NO8P/c1-3-5-7-9-11-12-13-14-15-16-17-18-19-20-21-22-23-24-25-26-28-30-32-34-41(44)50-39(38-49-51(45,46)48-36-35-42)37-47-40(43)33-31-29-27-10-8-6-4-2/h5,7,11-12,14-15,17-18,39H,3-4,6,8-10,13,16,19-38,42H2,1-2H3,(H,45,46)/b7-5-,12-11-,15-14-,18-17-. The maximum absolute atomic E-state index is 12.5. The Morgan fingerprint density at radius 2 is 1.08 bits per heavy atom. The summed E-state index contributed by atoms with van der Waals surface area (Å²) in [6, 6.07) is 0. The molecule has 0 rings (SSSR count). The molecule has 0 aliphatic heterocycles. The smallest absolute Gasteiger partial charge is 0.462 e. The highest BCUT2D eigenvalue weighted by atomic mass is 31.2. The van der Waals surface area contributed by atoms with Crippen LogP contribution < -0.4 is 5.73 Å². The minimum Gasteiger partial charge on any atom is -0.462 e. The Bertz CT molecular complexity index is 981. The summed E-state index contributed by atoms with van der Waals surface area (Å²) < 4.78 is 32.6. The molecule has 51 heavy (non-hydrogen) atoms. The zero-order valence-corrected chi connectivity index (χ0v) is 33.2. The van der Waals surface area contributed by atoms with Crippen molar-refractivity contribution in [2.45, 2.75) is 174 Å². The number of phosphoric ester groups is 1. The third kappa shape index (κ3) is 37.5. The summed E-state index contributed by atoms with van der Waals surface area (Å²) in [4.78, 5) is 34.6. The quantitative estimate of drug-likeness (QED) is 0.0276. The van der Waals surface area contributed by atoms with E-state index in [2.05, 4.69) is 62.5 Å². The summed E-state index contributed by atoms with van der Waals surface area (Å²) in [6.07, 6.45) is 41.6. The highest BCUT2D eigenvalue weighted by Gasteiger charge is 2.25. The van der Waals surface area contributed by atoms with Gasteiger partial charge in [0, 0.05) is 19.4 Å². The molecule has 0 aliphatic rings. The number of carbonyl (C=O) groups is 2. The Morgan fingerprint density at radius 3 is 1.61 bits per heavy atom. The van der Waals surface area contributed by atoms with Crippen LogP contribution in [0.15, 0.2) is 48.6 Å². The monoisotopic (exact) mass is 740 g/mol. The summed E-state index contributed by atoms with van der Waals surface area (Å²) in [5.41, 5.74) is 5.32. The largest absolute Gasteiger partial charge is 0.472 e. The van der Waals surface area contributed by atoms with Gasteiger partial charge in [-0.25, -0.2) is 4.57 Å². The lowest BCUT2D eigenvalue weighted by atomic mass is 10.0. The lowest BCUT2D eigenvalue weighted by Crippen LogP contribution is -2.29. The fourth-order valence-corrected chi connectivity index (χ4v) is 6.04. The number of hydrogen-bond donors (Lipinski definition) is 2. The summed E-state index contributed by atoms with van der Waals surface area (Å²) in [7, 11) is -4.37. The van der Waals surface area contributed by atoms with Crippen molar-refractivity contribution in [3.05, 3.63) is 48.6 Å². The Morgan fingerprint density at radius 1 is 0.608 bits per heavy atom. The molecule has 0 aromatic rings. The molecule has 9 nitrogen and oxygen atoms in total. The number of phosphoric acid groups is 1. The Kier molecular flexibility index (Phi) is 36.2. The SMILES string of the molecule is CC/C=C\C/C=C\C/C=C\C/C=C\CCCCCCCCCCCCC(=O)OC(COC(=O)CCCCCCCCC)COP(=O)(O)OCCN. The Balaban J connectivity index is 4.05. The second kappa shape index (κ2) is 37.7. The van der Waals surface area contributed by atoms with E-state index in [0.717, 1.165) is 70.6 Å². The van der Waals surface area contributed by atoms with Crippen LogP contribution >= 0.6 is 7.82 Å². The summed E-state index contributed by atoms with van der Waals surface area (Å²) >= 11 is 0. The average molecular weight is 740 g/mol. The van der Waals surface area contributed by atoms with Gasteiger partial charge in [0.15, 0.2) is 6.10 Å². The van der Waals surface area contributed by atoms with E-state index in [1.54, 1.807) is 0 Å². The van der Waals surface area contributed by atoms with Gasteiger partial charge >= 0.3 is 19.8 Å². The third-order valence-electron chi connectivity index (χ3n) is 8.23. The van der Waals surface area contributed by atoms with E-state index in [9.17, 15) is 19.0 Å². The highest BCUT2D eigenvalue weighted by molar-refractivity contribution is 7.47. The molecule has 0 aromatic heterocycles. The van der Waals surface area contributed by atoms with E-state index in [1.165, 1.54) is 64.2 Å². The molecule has 0 saturated heterocycles. The zero-order valence-electron chi connectivity index (χ0n) is 32.3. The molecule has 2 unspecified atom stereocenters. The first-order valence-corrected chi connectivity index (χ1v) is 21.6. The first-order valence-electron chi connectivity index (χ1n) is 20.1. The Labute approximate surface area is 311 Å². The first-order chi connectivity index (χ1) is 24.8. The van der Waals surface area contributed by atoms with Crippen LogP contribution in [0.2, 0.25) is 0 Å². The van der Waals surface area contributed by atoms with Crippen LogP contribution in [0.3, 0.4) is 0 Å². The van der Waals surface area contributed by atoms with Gasteiger partial charge in [-0.2, -0.15) is 0 Å². The van der Waals surface area contributed by atoms with Crippen LogP contribution in [0, 0.1) is 0 Å². The van der Waals surface area contributed by atoms with Crippen molar-refractivity contribution in [1.82, 2.24) is 0 Å². The van der Waals surface area contributed by atoms with Crippen molar-refractivity contribution < 1.29 is 37.6 Å². The predicted molar refractivity (Wildman–Crippen MR) is 210 cm³/mol. The van der Waals surface area contributed by atoms with E-state index < -0.39 is 32.5 Å². The first kappa shape index (κ1) is 49.0. The van der Waals surface area contributed by atoms with Crippen molar-refractivity contribution in [1.29, 1.82) is 0 Å². The molecular weight excluding hydrogens is 665 g/mol. The van der Waals surface area contributed by atoms with E-state index in [4.69, 9.17) is 24.3 Å². The predicted octanol–water partition coefficient (Wildman–Crippen LogP) is 11.2. The number of rotatable bonds is 37. The summed E-state index contributed by atoms with van der Waals surface area (Å²) in [5.74, 6) is -0.842. The van der Waals surface area contributed by atoms with Crippen molar-refractivity contribution >= 4 is 19.8 Å². The number of esters is 2. The highest BCUT2D eigenvalue weighted by Crippen LogP contribution is 2.43. The molecule has 3 N–H and O–H groups in total. The van der Waals surface area contributed by atoms with Gasteiger partial charge < -0.3 is 20.1 Å². The average Bonchev–Trinajstić information content (AvgIpc) is 3.11. The van der Waals surface area contributed by atoms with Crippen molar-refractivity contribution in [2.75, 3.05) is 26.4 Å². The zero-order chi connectivity index (χ0) is 37.5. The number of unbranched alkanes of at least 4 members (excludes halogenated alkanes) is 16. The fraction of sp³-hybridized carbons (Fsp3) is 0.756. The molecule has 0 aromatic carbocycles. The van der Waals surface area contributed by atoms with Gasteiger partial charge in [-0.3, -0.25) is 18.6 Å². The second-order valence-electron chi connectivity index (χ2n) is 13.1. The van der Waals surface area contributed by atoms with Crippen molar-refractivity contribution in [3.8, 4) is 0 Å². The van der Waals surface area contributed by atoms with E-state index in [0.29, 0.717) is 6.42 Å². The minimum absolute atomic E-state index is 0.0519. The second-order valence-corrected chi connectivity index (χ2v) is 14.6. The van der Waals surface area contributed by atoms with Gasteiger partial charge in [0.1, 0.15) is 6.61 Å². The van der Waals surface area contributed by atoms with Crippen LogP contribution in [0.5, 0.6) is 0 Å². The Hall–Kier alpha value is -2.03. The molecule has 0 saturated carbocycles. The van der Waals surface area contributed by atoms with E-state index in [-0.39, 0.29) is 32.6 Å². The van der Waals surface area contributed by atoms with Gasteiger partial charge in [-0.05, 0) is 51.4 Å².